The molecular formula is C15H12Cl3NO2. The number of nitrogens with zero attached hydrogens (tertiary/aromatic N) is 1. The molecule has 21 heavy (non-hydrogen) atoms. The maximum Gasteiger partial charge on any atom is 0.259 e. The summed E-state index contributed by atoms with van der Waals surface area (Å²) in [7, 11) is 0. The van der Waals surface area contributed by atoms with Crippen molar-refractivity contribution >= 4 is 40.7 Å². The molecule has 110 valence electrons. The Morgan fingerprint density at radius 1 is 1.19 bits per heavy atom. The molecule has 1 fully saturated rings. The van der Waals surface area contributed by atoms with E-state index in [1.54, 1.807) is 17.0 Å². The monoisotopic (exact) mass is 343 g/mol. The average Bonchev–Trinajstić information content (AvgIpc) is 3.10. The number of carbonyl (C=O) groups is 1. The largest absolute Gasteiger partial charge is 0.452 e. The molecule has 0 radical (unpaired) electrons. The highest BCUT2D eigenvalue weighted by atomic mass is 35.5. The molecule has 0 N–H and O–H groups in total. The minimum absolute atomic E-state index is 0.0155. The number of benzene rings is 1. The van der Waals surface area contributed by atoms with Crippen LogP contribution < -0.4 is 0 Å². The zero-order valence-corrected chi connectivity index (χ0v) is 13.3. The van der Waals surface area contributed by atoms with E-state index in [0.717, 1.165) is 18.4 Å². The van der Waals surface area contributed by atoms with Crippen LogP contribution in [0, 0.1) is 0 Å². The van der Waals surface area contributed by atoms with Gasteiger partial charge in [-0.15, -0.1) is 0 Å². The number of furan rings is 1. The summed E-state index contributed by atoms with van der Waals surface area (Å²) in [6.45, 7) is 0.686. The molecule has 3 rings (SSSR count). The lowest BCUT2D eigenvalue weighted by Crippen LogP contribution is -2.30. The Morgan fingerprint density at radius 2 is 2.00 bits per heavy atom. The van der Waals surface area contributed by atoms with Gasteiger partial charge < -0.3 is 9.32 Å². The van der Waals surface area contributed by atoms with Crippen molar-refractivity contribution in [2.24, 2.45) is 0 Å². The van der Waals surface area contributed by atoms with E-state index >= 15 is 0 Å². The zero-order valence-electron chi connectivity index (χ0n) is 11.0. The zero-order chi connectivity index (χ0) is 15.0. The molecular weight excluding hydrogens is 333 g/mol. The van der Waals surface area contributed by atoms with Gasteiger partial charge in [-0.25, -0.2) is 0 Å². The molecule has 0 aliphatic carbocycles. The molecule has 1 aliphatic heterocycles. The van der Waals surface area contributed by atoms with E-state index in [1.165, 1.54) is 6.26 Å². The van der Waals surface area contributed by atoms with Crippen LogP contribution in [0.1, 0.15) is 34.8 Å². The fourth-order valence-corrected chi connectivity index (χ4v) is 3.18. The Labute approximate surface area is 137 Å². The Hall–Kier alpha value is -1.16. The fraction of sp³-hybridized carbons (Fsp3) is 0.267. The summed E-state index contributed by atoms with van der Waals surface area (Å²) >= 11 is 17.9. The summed E-state index contributed by atoms with van der Waals surface area (Å²) in [6, 6.07) is 7.05. The van der Waals surface area contributed by atoms with E-state index in [0.29, 0.717) is 22.2 Å². The van der Waals surface area contributed by atoms with Gasteiger partial charge in [-0.1, -0.05) is 29.3 Å². The maximum atomic E-state index is 12.6. The van der Waals surface area contributed by atoms with Crippen molar-refractivity contribution in [3.05, 3.63) is 56.9 Å². The van der Waals surface area contributed by atoms with Crippen LogP contribution >= 0.6 is 34.8 Å². The van der Waals surface area contributed by atoms with Gasteiger partial charge in [0.05, 0.1) is 27.9 Å². The van der Waals surface area contributed by atoms with Crippen LogP contribution in [0.4, 0.5) is 0 Å². The highest BCUT2D eigenvalue weighted by molar-refractivity contribution is 6.42. The van der Waals surface area contributed by atoms with Crippen LogP contribution in [-0.4, -0.2) is 17.4 Å². The van der Waals surface area contributed by atoms with Gasteiger partial charge in [-0.05, 0) is 48.2 Å². The Morgan fingerprint density at radius 3 is 2.67 bits per heavy atom. The first-order chi connectivity index (χ1) is 10.1. The second-order valence-corrected chi connectivity index (χ2v) is 6.10. The lowest BCUT2D eigenvalue weighted by molar-refractivity contribution is 0.0735. The molecule has 2 heterocycles. The smallest absolute Gasteiger partial charge is 0.259 e. The Balaban J connectivity index is 1.90. The first-order valence-corrected chi connectivity index (χ1v) is 7.70. The standard InChI is InChI=1S/C15H12Cl3NO2/c16-11-4-3-9(8-12(11)17)13-2-1-6-19(13)15(20)10-5-7-21-14(10)18/h3-5,7-8,13H,1-2,6H2. The van der Waals surface area contributed by atoms with E-state index < -0.39 is 0 Å². The van der Waals surface area contributed by atoms with E-state index in [1.807, 2.05) is 12.1 Å². The highest BCUT2D eigenvalue weighted by Crippen LogP contribution is 2.36. The van der Waals surface area contributed by atoms with Gasteiger partial charge in [0, 0.05) is 6.54 Å². The molecule has 0 spiro atoms. The maximum absolute atomic E-state index is 12.6. The molecule has 1 amide bonds. The molecule has 1 saturated heterocycles. The first-order valence-electron chi connectivity index (χ1n) is 6.57. The van der Waals surface area contributed by atoms with Crippen LogP contribution in [0.3, 0.4) is 0 Å². The molecule has 0 saturated carbocycles. The molecule has 1 aliphatic rings. The van der Waals surface area contributed by atoms with Crippen molar-refractivity contribution < 1.29 is 9.21 Å². The molecule has 0 bridgehead atoms. The van der Waals surface area contributed by atoms with Gasteiger partial charge in [0.1, 0.15) is 0 Å². The van der Waals surface area contributed by atoms with Gasteiger partial charge in [0.25, 0.3) is 5.91 Å². The Kier molecular flexibility index (Phi) is 4.16. The summed E-state index contributed by atoms with van der Waals surface area (Å²) in [4.78, 5) is 14.4. The number of rotatable bonds is 2. The third-order valence-electron chi connectivity index (χ3n) is 3.69. The Bertz CT molecular complexity index is 683. The normalized spacial score (nSPS) is 18.2. The number of hydrogen-bond acceptors (Lipinski definition) is 2. The van der Waals surface area contributed by atoms with Crippen LogP contribution in [0.5, 0.6) is 0 Å². The summed E-state index contributed by atoms with van der Waals surface area (Å²) in [5.41, 5.74) is 1.37. The molecule has 1 unspecified atom stereocenters. The van der Waals surface area contributed by atoms with Gasteiger partial charge in [-0.3, -0.25) is 4.79 Å². The van der Waals surface area contributed by atoms with E-state index in [4.69, 9.17) is 39.2 Å². The molecule has 2 aromatic rings. The summed E-state index contributed by atoms with van der Waals surface area (Å²) < 4.78 is 5.00. The average molecular weight is 345 g/mol. The van der Waals surface area contributed by atoms with Crippen molar-refractivity contribution in [1.29, 1.82) is 0 Å². The summed E-state index contributed by atoms with van der Waals surface area (Å²) in [5, 5.41) is 1.13. The number of halogens is 3. The topological polar surface area (TPSA) is 33.5 Å². The highest BCUT2D eigenvalue weighted by Gasteiger charge is 2.32. The van der Waals surface area contributed by atoms with E-state index in [2.05, 4.69) is 0 Å². The molecule has 6 heteroatoms. The fourth-order valence-electron chi connectivity index (χ4n) is 2.68. The van der Waals surface area contributed by atoms with Crippen LogP contribution in [0.15, 0.2) is 34.9 Å². The predicted octanol–water partition coefficient (Wildman–Crippen LogP) is 5.22. The first kappa shape index (κ1) is 14.8. The number of amides is 1. The van der Waals surface area contributed by atoms with Gasteiger partial charge in [0.15, 0.2) is 0 Å². The van der Waals surface area contributed by atoms with Crippen molar-refractivity contribution in [3.8, 4) is 0 Å². The van der Waals surface area contributed by atoms with Crippen LogP contribution in [0.2, 0.25) is 15.3 Å². The third kappa shape index (κ3) is 2.78. The second kappa shape index (κ2) is 5.91. The SMILES string of the molecule is O=C(c1ccoc1Cl)N1CCCC1c1ccc(Cl)c(Cl)c1. The van der Waals surface area contributed by atoms with Gasteiger partial charge in [0.2, 0.25) is 5.22 Å². The van der Waals surface area contributed by atoms with Crippen LogP contribution in [0.25, 0.3) is 0 Å². The lowest BCUT2D eigenvalue weighted by atomic mass is 10.0. The van der Waals surface area contributed by atoms with E-state index in [9.17, 15) is 4.79 Å². The van der Waals surface area contributed by atoms with Crippen molar-refractivity contribution in [1.82, 2.24) is 4.90 Å². The molecule has 1 aromatic heterocycles. The summed E-state index contributed by atoms with van der Waals surface area (Å²) in [5.74, 6) is -0.123. The summed E-state index contributed by atoms with van der Waals surface area (Å²) in [6.07, 6.45) is 3.24. The van der Waals surface area contributed by atoms with Crippen LogP contribution in [-0.2, 0) is 0 Å². The minimum atomic E-state index is -0.123. The predicted molar refractivity (Wildman–Crippen MR) is 83.2 cm³/mol. The van der Waals surface area contributed by atoms with Gasteiger partial charge >= 0.3 is 0 Å². The van der Waals surface area contributed by atoms with E-state index in [-0.39, 0.29) is 17.2 Å². The van der Waals surface area contributed by atoms with Crippen molar-refractivity contribution in [3.63, 3.8) is 0 Å². The molecule has 1 atom stereocenters. The second-order valence-electron chi connectivity index (χ2n) is 4.94. The quantitative estimate of drug-likeness (QED) is 0.748. The molecule has 1 aromatic carbocycles. The number of likely N-dealkylation sites (tertiary alicyclic amines) is 1. The third-order valence-corrected chi connectivity index (χ3v) is 4.72. The number of hydrogen-bond donors (Lipinski definition) is 0. The van der Waals surface area contributed by atoms with Crippen molar-refractivity contribution in [2.45, 2.75) is 18.9 Å². The molecule has 3 nitrogen and oxygen atoms in total. The number of carbonyl (C=O) groups excluding carboxylic acids is 1. The van der Waals surface area contributed by atoms with Crippen molar-refractivity contribution in [2.75, 3.05) is 6.54 Å². The minimum Gasteiger partial charge on any atom is -0.452 e. The van der Waals surface area contributed by atoms with Gasteiger partial charge in [-0.2, -0.15) is 0 Å². The lowest BCUT2D eigenvalue weighted by Gasteiger charge is -2.25.